The molecule has 1 aromatic rings. The number of rotatable bonds is 10. The highest BCUT2D eigenvalue weighted by Crippen LogP contribution is 2.02. The van der Waals surface area contributed by atoms with E-state index in [-0.39, 0.29) is 0 Å². The van der Waals surface area contributed by atoms with Gasteiger partial charge in [0.15, 0.2) is 0 Å². The first-order valence-corrected chi connectivity index (χ1v) is 7.58. The molecule has 0 saturated carbocycles. The fourth-order valence-electron chi connectivity index (χ4n) is 2.13. The zero-order valence-corrected chi connectivity index (χ0v) is 12.7. The van der Waals surface area contributed by atoms with E-state index in [0.29, 0.717) is 6.04 Å². The molecule has 1 rings (SSSR count). The highest BCUT2D eigenvalue weighted by Gasteiger charge is 2.07. The number of hydrogen-bond donors (Lipinski definition) is 1. The van der Waals surface area contributed by atoms with Crippen LogP contribution in [0.2, 0.25) is 0 Å². The lowest BCUT2D eigenvalue weighted by Crippen LogP contribution is -2.37. The van der Waals surface area contributed by atoms with Crippen molar-refractivity contribution in [1.82, 2.24) is 15.2 Å². The Morgan fingerprint density at radius 1 is 1.21 bits per heavy atom. The van der Waals surface area contributed by atoms with Crippen molar-refractivity contribution in [2.75, 3.05) is 19.6 Å². The van der Waals surface area contributed by atoms with Crippen molar-refractivity contribution in [1.29, 1.82) is 0 Å². The molecule has 0 unspecified atom stereocenters. The van der Waals surface area contributed by atoms with Gasteiger partial charge in [0, 0.05) is 31.9 Å². The van der Waals surface area contributed by atoms with Crippen LogP contribution in [0.1, 0.15) is 45.7 Å². The van der Waals surface area contributed by atoms with Gasteiger partial charge in [0.25, 0.3) is 0 Å². The van der Waals surface area contributed by atoms with Crippen LogP contribution in [-0.2, 0) is 6.54 Å². The standard InChI is InChI=1S/C16H29N3/c1-4-5-8-12-19(15(2)3)13-11-17-14-16-9-6-7-10-18-16/h6-7,9-10,15,17H,4-5,8,11-14H2,1-3H3. The van der Waals surface area contributed by atoms with E-state index in [0.717, 1.165) is 25.3 Å². The van der Waals surface area contributed by atoms with Gasteiger partial charge in [0.2, 0.25) is 0 Å². The average molecular weight is 263 g/mol. The molecule has 0 spiro atoms. The third-order valence-electron chi connectivity index (χ3n) is 3.39. The van der Waals surface area contributed by atoms with Crippen molar-refractivity contribution in [3.63, 3.8) is 0 Å². The van der Waals surface area contributed by atoms with E-state index in [1.165, 1.54) is 25.8 Å². The van der Waals surface area contributed by atoms with Crippen LogP contribution < -0.4 is 5.32 Å². The summed E-state index contributed by atoms with van der Waals surface area (Å²) in [5, 5.41) is 3.47. The average Bonchev–Trinajstić information content (AvgIpc) is 2.42. The Bertz CT molecular complexity index is 311. The summed E-state index contributed by atoms with van der Waals surface area (Å²) in [6, 6.07) is 6.69. The van der Waals surface area contributed by atoms with Crippen LogP contribution in [0.25, 0.3) is 0 Å². The van der Waals surface area contributed by atoms with Crippen molar-refractivity contribution in [3.8, 4) is 0 Å². The minimum absolute atomic E-state index is 0.633. The SMILES string of the molecule is CCCCCN(CCNCc1ccccn1)C(C)C. The number of nitrogens with zero attached hydrogens (tertiary/aromatic N) is 2. The number of unbranched alkanes of at least 4 members (excludes halogenated alkanes) is 2. The van der Waals surface area contributed by atoms with Gasteiger partial charge >= 0.3 is 0 Å². The smallest absolute Gasteiger partial charge is 0.0541 e. The summed E-state index contributed by atoms with van der Waals surface area (Å²) in [6.45, 7) is 11.1. The molecule has 0 aromatic carbocycles. The molecule has 1 aromatic heterocycles. The summed E-state index contributed by atoms with van der Waals surface area (Å²) in [6.07, 6.45) is 5.80. The van der Waals surface area contributed by atoms with Gasteiger partial charge in [-0.25, -0.2) is 0 Å². The Balaban J connectivity index is 2.17. The number of pyridine rings is 1. The molecule has 1 heterocycles. The van der Waals surface area contributed by atoms with E-state index in [1.54, 1.807) is 0 Å². The molecule has 0 aliphatic carbocycles. The Kier molecular flexibility index (Phi) is 8.43. The third kappa shape index (κ3) is 7.28. The van der Waals surface area contributed by atoms with Crippen molar-refractivity contribution in [3.05, 3.63) is 30.1 Å². The van der Waals surface area contributed by atoms with Crippen LogP contribution in [-0.4, -0.2) is 35.6 Å². The summed E-state index contributed by atoms with van der Waals surface area (Å²) >= 11 is 0. The Morgan fingerprint density at radius 2 is 2.05 bits per heavy atom. The molecular formula is C16H29N3. The normalized spacial score (nSPS) is 11.4. The zero-order chi connectivity index (χ0) is 13.9. The first kappa shape index (κ1) is 16.1. The second-order valence-electron chi connectivity index (χ2n) is 5.33. The number of nitrogens with one attached hydrogen (secondary N) is 1. The summed E-state index contributed by atoms with van der Waals surface area (Å²) in [7, 11) is 0. The fourth-order valence-corrected chi connectivity index (χ4v) is 2.13. The van der Waals surface area contributed by atoms with Gasteiger partial charge in [0.1, 0.15) is 0 Å². The first-order chi connectivity index (χ1) is 9.24. The van der Waals surface area contributed by atoms with Gasteiger partial charge in [-0.2, -0.15) is 0 Å². The maximum Gasteiger partial charge on any atom is 0.0541 e. The van der Waals surface area contributed by atoms with Crippen molar-refractivity contribution < 1.29 is 0 Å². The lowest BCUT2D eigenvalue weighted by Gasteiger charge is -2.26. The topological polar surface area (TPSA) is 28.2 Å². The van der Waals surface area contributed by atoms with E-state index in [2.05, 4.69) is 42.0 Å². The molecule has 1 N–H and O–H groups in total. The predicted molar refractivity (Wildman–Crippen MR) is 82.2 cm³/mol. The van der Waals surface area contributed by atoms with Crippen molar-refractivity contribution in [2.45, 2.75) is 52.6 Å². The Hall–Kier alpha value is -0.930. The van der Waals surface area contributed by atoms with Crippen molar-refractivity contribution >= 4 is 0 Å². The number of aromatic nitrogens is 1. The fraction of sp³-hybridized carbons (Fsp3) is 0.688. The van der Waals surface area contributed by atoms with Crippen LogP contribution in [0.5, 0.6) is 0 Å². The maximum absolute atomic E-state index is 4.32. The lowest BCUT2D eigenvalue weighted by atomic mass is 10.2. The van der Waals surface area contributed by atoms with Crippen molar-refractivity contribution in [2.24, 2.45) is 0 Å². The molecule has 0 aliphatic heterocycles. The second kappa shape index (κ2) is 9.93. The second-order valence-corrected chi connectivity index (χ2v) is 5.33. The van der Waals surface area contributed by atoms with Gasteiger partial charge in [-0.1, -0.05) is 25.8 Å². The third-order valence-corrected chi connectivity index (χ3v) is 3.39. The van der Waals surface area contributed by atoms with E-state index < -0.39 is 0 Å². The molecule has 0 saturated heterocycles. The van der Waals surface area contributed by atoms with E-state index >= 15 is 0 Å². The van der Waals surface area contributed by atoms with Gasteiger partial charge in [-0.15, -0.1) is 0 Å². The van der Waals surface area contributed by atoms with Crippen LogP contribution in [0.3, 0.4) is 0 Å². The maximum atomic E-state index is 4.32. The van der Waals surface area contributed by atoms with Gasteiger partial charge in [0.05, 0.1) is 5.69 Å². The van der Waals surface area contributed by atoms with Gasteiger partial charge in [-0.05, 0) is 38.9 Å². The lowest BCUT2D eigenvalue weighted by molar-refractivity contribution is 0.217. The molecule has 3 nitrogen and oxygen atoms in total. The minimum Gasteiger partial charge on any atom is -0.310 e. The van der Waals surface area contributed by atoms with Crippen LogP contribution in [0.15, 0.2) is 24.4 Å². The largest absolute Gasteiger partial charge is 0.310 e. The monoisotopic (exact) mass is 263 g/mol. The summed E-state index contributed by atoms with van der Waals surface area (Å²) in [4.78, 5) is 6.87. The summed E-state index contributed by atoms with van der Waals surface area (Å²) in [5.41, 5.74) is 1.12. The van der Waals surface area contributed by atoms with E-state index in [1.807, 2.05) is 18.3 Å². The molecule has 0 radical (unpaired) electrons. The highest BCUT2D eigenvalue weighted by molar-refractivity contribution is 5.02. The van der Waals surface area contributed by atoms with Crippen LogP contribution >= 0.6 is 0 Å². The predicted octanol–water partition coefficient (Wildman–Crippen LogP) is 3.07. The molecule has 0 amide bonds. The Labute approximate surface area is 118 Å². The molecule has 3 heteroatoms. The quantitative estimate of drug-likeness (QED) is 0.658. The number of hydrogen-bond acceptors (Lipinski definition) is 3. The first-order valence-electron chi connectivity index (χ1n) is 7.58. The van der Waals surface area contributed by atoms with Gasteiger partial charge < -0.3 is 5.32 Å². The summed E-state index contributed by atoms with van der Waals surface area (Å²) in [5.74, 6) is 0. The minimum atomic E-state index is 0.633. The molecule has 0 atom stereocenters. The van der Waals surface area contributed by atoms with Gasteiger partial charge in [-0.3, -0.25) is 9.88 Å². The zero-order valence-electron chi connectivity index (χ0n) is 12.7. The molecule has 19 heavy (non-hydrogen) atoms. The van der Waals surface area contributed by atoms with E-state index in [9.17, 15) is 0 Å². The molecule has 108 valence electrons. The molecule has 0 bridgehead atoms. The van der Waals surface area contributed by atoms with Crippen LogP contribution in [0.4, 0.5) is 0 Å². The molecular weight excluding hydrogens is 234 g/mol. The Morgan fingerprint density at radius 3 is 2.68 bits per heavy atom. The van der Waals surface area contributed by atoms with Crippen LogP contribution in [0, 0.1) is 0 Å². The summed E-state index contributed by atoms with van der Waals surface area (Å²) < 4.78 is 0. The molecule has 0 aliphatic rings. The van der Waals surface area contributed by atoms with E-state index in [4.69, 9.17) is 0 Å². The highest BCUT2D eigenvalue weighted by atomic mass is 15.2. The molecule has 0 fully saturated rings.